The van der Waals surface area contributed by atoms with E-state index in [9.17, 15) is 9.50 Å². The summed E-state index contributed by atoms with van der Waals surface area (Å²) >= 11 is 0. The molecule has 1 heterocycles. The molecule has 3 unspecified atom stereocenters. The maximum absolute atomic E-state index is 13.3. The molecule has 1 aromatic rings. The molecule has 1 saturated heterocycles. The van der Waals surface area contributed by atoms with Crippen LogP contribution in [0.4, 0.5) is 4.39 Å². The van der Waals surface area contributed by atoms with Crippen molar-refractivity contribution < 1.29 is 9.50 Å². The van der Waals surface area contributed by atoms with Crippen LogP contribution in [-0.4, -0.2) is 17.7 Å². The van der Waals surface area contributed by atoms with Crippen LogP contribution in [0.5, 0.6) is 0 Å². The zero-order valence-electron chi connectivity index (χ0n) is 11.5. The van der Waals surface area contributed by atoms with E-state index in [1.54, 1.807) is 12.1 Å². The first kappa shape index (κ1) is 13.1. The number of aryl methyl sites for hydroxylation is 1. The van der Waals surface area contributed by atoms with Gasteiger partial charge in [-0.05, 0) is 61.4 Å². The predicted octanol–water partition coefficient (Wildman–Crippen LogP) is 2.74. The van der Waals surface area contributed by atoms with Crippen LogP contribution in [0.15, 0.2) is 18.2 Å². The van der Waals surface area contributed by atoms with Gasteiger partial charge in [0.05, 0.1) is 0 Å². The molecule has 2 aliphatic rings. The third-order valence-electron chi connectivity index (χ3n) is 4.98. The molecule has 1 aliphatic carbocycles. The highest BCUT2D eigenvalue weighted by molar-refractivity contribution is 5.39. The number of halogens is 1. The van der Waals surface area contributed by atoms with Crippen molar-refractivity contribution in [2.75, 3.05) is 6.54 Å². The van der Waals surface area contributed by atoms with E-state index in [-0.39, 0.29) is 11.9 Å². The van der Waals surface area contributed by atoms with Gasteiger partial charge in [-0.1, -0.05) is 19.4 Å². The number of nitrogens with one attached hydrogen (secondary N) is 1. The summed E-state index contributed by atoms with van der Waals surface area (Å²) in [5, 5.41) is 14.6. The lowest BCUT2D eigenvalue weighted by Gasteiger charge is -2.40. The molecule has 2 N–H and O–H groups in total. The van der Waals surface area contributed by atoms with Crippen LogP contribution in [0.1, 0.15) is 43.7 Å². The molecule has 19 heavy (non-hydrogen) atoms. The molecule has 1 aliphatic heterocycles. The number of piperidine rings is 1. The second kappa shape index (κ2) is 4.88. The molecular formula is C16H22FNO. The van der Waals surface area contributed by atoms with E-state index in [0.29, 0.717) is 12.3 Å². The second-order valence-electron chi connectivity index (χ2n) is 6.03. The van der Waals surface area contributed by atoms with Crippen LogP contribution in [0.3, 0.4) is 0 Å². The van der Waals surface area contributed by atoms with E-state index in [4.69, 9.17) is 0 Å². The maximum atomic E-state index is 13.3. The fourth-order valence-electron chi connectivity index (χ4n) is 3.74. The van der Waals surface area contributed by atoms with Crippen LogP contribution in [-0.2, 0) is 12.0 Å². The van der Waals surface area contributed by atoms with Gasteiger partial charge in [0.1, 0.15) is 11.4 Å². The SMILES string of the molecule is CCC1CCNC(C2(O)CCc3cc(F)ccc32)C1. The van der Waals surface area contributed by atoms with Crippen LogP contribution in [0.25, 0.3) is 0 Å². The van der Waals surface area contributed by atoms with E-state index in [1.807, 2.05) is 0 Å². The summed E-state index contributed by atoms with van der Waals surface area (Å²) in [6.45, 7) is 3.19. The second-order valence-corrected chi connectivity index (χ2v) is 6.03. The highest BCUT2D eigenvalue weighted by Gasteiger charge is 2.44. The van der Waals surface area contributed by atoms with Crippen molar-refractivity contribution in [3.05, 3.63) is 35.1 Å². The van der Waals surface area contributed by atoms with Crippen LogP contribution in [0, 0.1) is 11.7 Å². The molecule has 104 valence electrons. The number of fused-ring (bicyclic) bond motifs is 1. The van der Waals surface area contributed by atoms with Crippen LogP contribution >= 0.6 is 0 Å². The summed E-state index contributed by atoms with van der Waals surface area (Å²) in [5.74, 6) is 0.491. The molecule has 1 aromatic carbocycles. The molecule has 0 saturated carbocycles. The van der Waals surface area contributed by atoms with E-state index >= 15 is 0 Å². The van der Waals surface area contributed by atoms with Gasteiger partial charge in [-0.25, -0.2) is 4.39 Å². The Morgan fingerprint density at radius 2 is 2.32 bits per heavy atom. The third-order valence-corrected chi connectivity index (χ3v) is 4.98. The number of hydrogen-bond acceptors (Lipinski definition) is 2. The standard InChI is InChI=1S/C16H22FNO/c1-2-11-6-8-18-15(9-11)16(19)7-5-12-10-13(17)3-4-14(12)16/h3-4,10-11,15,18-19H,2,5-9H2,1H3. The summed E-state index contributed by atoms with van der Waals surface area (Å²) in [6, 6.07) is 4.93. The predicted molar refractivity (Wildman–Crippen MR) is 73.4 cm³/mol. The molecule has 2 nitrogen and oxygen atoms in total. The Balaban J connectivity index is 1.89. The average Bonchev–Trinajstić information content (AvgIpc) is 2.77. The van der Waals surface area contributed by atoms with Gasteiger partial charge in [0.25, 0.3) is 0 Å². The van der Waals surface area contributed by atoms with E-state index < -0.39 is 5.60 Å². The Morgan fingerprint density at radius 3 is 3.11 bits per heavy atom. The van der Waals surface area contributed by atoms with Gasteiger partial charge in [0, 0.05) is 6.04 Å². The number of benzene rings is 1. The summed E-state index contributed by atoms with van der Waals surface area (Å²) in [5.41, 5.74) is 1.10. The minimum atomic E-state index is -0.809. The Kier molecular flexibility index (Phi) is 3.35. The molecule has 0 aromatic heterocycles. The molecule has 0 amide bonds. The molecule has 0 spiro atoms. The van der Waals surface area contributed by atoms with Crippen molar-refractivity contribution in [3.8, 4) is 0 Å². The van der Waals surface area contributed by atoms with Crippen molar-refractivity contribution in [1.29, 1.82) is 0 Å². The lowest BCUT2D eigenvalue weighted by Crippen LogP contribution is -2.51. The minimum absolute atomic E-state index is 0.109. The van der Waals surface area contributed by atoms with Crippen LogP contribution < -0.4 is 5.32 Å². The topological polar surface area (TPSA) is 32.3 Å². The molecule has 3 atom stereocenters. The molecule has 0 radical (unpaired) electrons. The Labute approximate surface area is 114 Å². The normalized spacial score (nSPS) is 34.3. The first-order valence-corrected chi connectivity index (χ1v) is 7.38. The van der Waals surface area contributed by atoms with Crippen molar-refractivity contribution >= 4 is 0 Å². The number of hydrogen-bond donors (Lipinski definition) is 2. The Morgan fingerprint density at radius 1 is 1.47 bits per heavy atom. The lowest BCUT2D eigenvalue weighted by molar-refractivity contribution is -0.0184. The summed E-state index contributed by atoms with van der Waals surface area (Å²) < 4.78 is 13.3. The fourth-order valence-corrected chi connectivity index (χ4v) is 3.74. The number of aliphatic hydroxyl groups is 1. The Bertz CT molecular complexity index is 476. The highest BCUT2D eigenvalue weighted by atomic mass is 19.1. The van der Waals surface area contributed by atoms with Crippen molar-refractivity contribution in [1.82, 2.24) is 5.32 Å². The van der Waals surface area contributed by atoms with E-state index in [0.717, 1.165) is 30.5 Å². The third kappa shape index (κ3) is 2.19. The Hall–Kier alpha value is -0.930. The van der Waals surface area contributed by atoms with E-state index in [1.165, 1.54) is 18.9 Å². The largest absolute Gasteiger partial charge is 0.384 e. The van der Waals surface area contributed by atoms with Gasteiger partial charge >= 0.3 is 0 Å². The maximum Gasteiger partial charge on any atom is 0.123 e. The van der Waals surface area contributed by atoms with Gasteiger partial charge < -0.3 is 10.4 Å². The van der Waals surface area contributed by atoms with Crippen molar-refractivity contribution in [2.45, 2.75) is 50.7 Å². The van der Waals surface area contributed by atoms with Gasteiger partial charge in [-0.15, -0.1) is 0 Å². The van der Waals surface area contributed by atoms with Crippen LogP contribution in [0.2, 0.25) is 0 Å². The monoisotopic (exact) mass is 263 g/mol. The first-order valence-electron chi connectivity index (χ1n) is 7.38. The molecule has 0 bridgehead atoms. The minimum Gasteiger partial charge on any atom is -0.384 e. The zero-order chi connectivity index (χ0) is 13.5. The van der Waals surface area contributed by atoms with Gasteiger partial charge in [-0.2, -0.15) is 0 Å². The zero-order valence-corrected chi connectivity index (χ0v) is 11.5. The lowest BCUT2D eigenvalue weighted by atomic mass is 9.79. The molecular weight excluding hydrogens is 241 g/mol. The van der Waals surface area contributed by atoms with Crippen molar-refractivity contribution in [3.63, 3.8) is 0 Å². The molecule has 3 heteroatoms. The summed E-state index contributed by atoms with van der Waals surface area (Å²) in [7, 11) is 0. The van der Waals surface area contributed by atoms with E-state index in [2.05, 4.69) is 12.2 Å². The highest BCUT2D eigenvalue weighted by Crippen LogP contribution is 2.42. The first-order chi connectivity index (χ1) is 9.13. The molecule has 1 fully saturated rings. The van der Waals surface area contributed by atoms with Gasteiger partial charge in [0.15, 0.2) is 0 Å². The number of rotatable bonds is 2. The molecule has 3 rings (SSSR count). The fraction of sp³-hybridized carbons (Fsp3) is 0.625. The smallest absolute Gasteiger partial charge is 0.123 e. The van der Waals surface area contributed by atoms with Gasteiger partial charge in [0.2, 0.25) is 0 Å². The van der Waals surface area contributed by atoms with Crippen molar-refractivity contribution in [2.24, 2.45) is 5.92 Å². The average molecular weight is 263 g/mol. The summed E-state index contributed by atoms with van der Waals surface area (Å²) in [4.78, 5) is 0. The summed E-state index contributed by atoms with van der Waals surface area (Å²) in [6.07, 6.45) is 4.87. The van der Waals surface area contributed by atoms with Gasteiger partial charge in [-0.3, -0.25) is 0 Å². The quantitative estimate of drug-likeness (QED) is 0.860.